The van der Waals surface area contributed by atoms with E-state index < -0.39 is 0 Å². The van der Waals surface area contributed by atoms with Crippen LogP contribution in [-0.2, 0) is 10.8 Å². The van der Waals surface area contributed by atoms with Crippen molar-refractivity contribution in [3.8, 4) is 40.1 Å². The van der Waals surface area contributed by atoms with Crippen LogP contribution < -0.4 is 0 Å². The van der Waals surface area contributed by atoms with Crippen molar-refractivity contribution in [1.82, 2.24) is 4.57 Å². The average molecular weight is 586 g/mol. The first-order chi connectivity index (χ1) is 21.3. The van der Waals surface area contributed by atoms with Gasteiger partial charge in [0.2, 0.25) is 0 Å². The van der Waals surface area contributed by atoms with Crippen LogP contribution in [0.5, 0.6) is 0 Å². The van der Waals surface area contributed by atoms with E-state index in [1.807, 2.05) is 12.1 Å². The van der Waals surface area contributed by atoms with Gasteiger partial charge in [-0.25, -0.2) is 0 Å². The molecular weight excluding hydrogens is 546 g/mol. The third kappa shape index (κ3) is 5.41. The number of fused-ring (bicyclic) bond motifs is 3. The first-order valence-electron chi connectivity index (χ1n) is 15.6. The van der Waals surface area contributed by atoms with Gasteiger partial charge in [0, 0.05) is 16.5 Å². The van der Waals surface area contributed by atoms with E-state index in [1.54, 1.807) is 6.07 Å². The molecule has 0 unspecified atom stereocenters. The van der Waals surface area contributed by atoms with E-state index >= 15 is 0 Å². The van der Waals surface area contributed by atoms with Gasteiger partial charge in [-0.15, -0.1) is 0 Å². The van der Waals surface area contributed by atoms with Crippen molar-refractivity contribution in [2.75, 3.05) is 0 Å². The zero-order chi connectivity index (χ0) is 32.3. The quantitative estimate of drug-likeness (QED) is 0.207. The number of benzene rings is 5. The number of hydrogen-bond acceptors (Lipinski definition) is 2. The average Bonchev–Trinajstić information content (AvgIpc) is 3.33. The van der Waals surface area contributed by atoms with E-state index in [0.717, 1.165) is 22.4 Å². The minimum atomic E-state index is 0.0619. The molecule has 45 heavy (non-hydrogen) atoms. The highest BCUT2D eigenvalue weighted by Gasteiger charge is 2.21. The minimum absolute atomic E-state index is 0.0619. The summed E-state index contributed by atoms with van der Waals surface area (Å²) in [5.74, 6) is 0. The molecule has 3 heteroatoms. The van der Waals surface area contributed by atoms with Gasteiger partial charge in [-0.1, -0.05) is 77.9 Å². The fourth-order valence-corrected chi connectivity index (χ4v) is 6.39. The summed E-state index contributed by atoms with van der Waals surface area (Å²) in [6.07, 6.45) is 0. The topological polar surface area (TPSA) is 52.5 Å². The molecule has 0 fully saturated rings. The Morgan fingerprint density at radius 2 is 1.00 bits per heavy atom. The van der Waals surface area contributed by atoms with Gasteiger partial charge in [-0.05, 0) is 124 Å². The lowest BCUT2D eigenvalue weighted by molar-refractivity contribution is 0.590. The molecule has 5 aromatic carbocycles. The number of hydrogen-bond donors (Lipinski definition) is 0. The van der Waals surface area contributed by atoms with E-state index in [4.69, 9.17) is 0 Å². The maximum absolute atomic E-state index is 9.44. The Labute approximate surface area is 267 Å². The Balaban J connectivity index is 1.47. The summed E-state index contributed by atoms with van der Waals surface area (Å²) in [5.41, 5.74) is 13.9. The second-order valence-corrected chi connectivity index (χ2v) is 14.4. The Hall–Kier alpha value is -5.12. The first-order valence-corrected chi connectivity index (χ1v) is 15.6. The molecule has 6 aromatic rings. The molecule has 1 aromatic heterocycles. The van der Waals surface area contributed by atoms with Gasteiger partial charge in [0.15, 0.2) is 0 Å². The Morgan fingerprint density at radius 3 is 1.44 bits per heavy atom. The van der Waals surface area contributed by atoms with Crippen LogP contribution >= 0.6 is 0 Å². The van der Waals surface area contributed by atoms with Gasteiger partial charge in [0.25, 0.3) is 0 Å². The van der Waals surface area contributed by atoms with Crippen LogP contribution in [0.2, 0.25) is 0 Å². The molecule has 0 saturated carbocycles. The maximum Gasteiger partial charge on any atom is 0.0992 e. The van der Waals surface area contributed by atoms with Gasteiger partial charge >= 0.3 is 0 Å². The van der Waals surface area contributed by atoms with Gasteiger partial charge in [0.05, 0.1) is 34.3 Å². The fraction of sp³-hybridized carbons (Fsp3) is 0.238. The third-order valence-electron chi connectivity index (χ3n) is 9.01. The number of nitriles is 2. The summed E-state index contributed by atoms with van der Waals surface area (Å²) < 4.78 is 2.41. The molecule has 0 atom stereocenters. The maximum atomic E-state index is 9.44. The monoisotopic (exact) mass is 585 g/mol. The van der Waals surface area contributed by atoms with Crippen LogP contribution in [0.15, 0.2) is 91.0 Å². The third-order valence-corrected chi connectivity index (χ3v) is 9.01. The summed E-state index contributed by atoms with van der Waals surface area (Å²) in [5, 5.41) is 21.5. The van der Waals surface area contributed by atoms with Crippen LogP contribution in [-0.4, -0.2) is 4.57 Å². The number of nitrogens with zero attached hydrogens (tertiary/aromatic N) is 3. The Morgan fingerprint density at radius 1 is 0.511 bits per heavy atom. The van der Waals surface area contributed by atoms with Crippen molar-refractivity contribution in [2.24, 2.45) is 0 Å². The standard InChI is InChI=1S/C42H39N3/c1-26-17-30(31-20-28(24-43)19-29(21-31)25-44)9-13-35(26)36-14-12-34(18-27(36)2)45-39-15-10-32(41(3,4)5)22-37(39)38-23-33(42(6,7)8)11-16-40(38)45/h9-23H,1-8H3. The molecule has 0 aliphatic rings. The van der Waals surface area contributed by atoms with Crippen LogP contribution in [0, 0.1) is 36.5 Å². The van der Waals surface area contributed by atoms with Crippen molar-refractivity contribution in [1.29, 1.82) is 10.5 Å². The molecule has 0 aliphatic heterocycles. The van der Waals surface area contributed by atoms with Gasteiger partial charge in [-0.2, -0.15) is 10.5 Å². The number of aryl methyl sites for hydroxylation is 2. The van der Waals surface area contributed by atoms with E-state index in [1.165, 1.54) is 49.6 Å². The molecule has 0 amide bonds. The van der Waals surface area contributed by atoms with E-state index in [9.17, 15) is 10.5 Å². The molecule has 0 saturated heterocycles. The molecule has 1 heterocycles. The van der Waals surface area contributed by atoms with Crippen LogP contribution in [0.1, 0.15) is 74.9 Å². The summed E-state index contributed by atoms with van der Waals surface area (Å²) in [7, 11) is 0. The highest BCUT2D eigenvalue weighted by atomic mass is 15.0. The Bertz CT molecular complexity index is 2110. The van der Waals surface area contributed by atoms with Crippen molar-refractivity contribution in [3.63, 3.8) is 0 Å². The van der Waals surface area contributed by atoms with Crippen LogP contribution in [0.25, 0.3) is 49.7 Å². The zero-order valence-corrected chi connectivity index (χ0v) is 27.5. The van der Waals surface area contributed by atoms with Gasteiger partial charge in [-0.3, -0.25) is 0 Å². The number of rotatable bonds is 3. The molecule has 6 rings (SSSR count). The smallest absolute Gasteiger partial charge is 0.0992 e. The normalized spacial score (nSPS) is 12.0. The largest absolute Gasteiger partial charge is 0.309 e. The molecule has 0 radical (unpaired) electrons. The minimum Gasteiger partial charge on any atom is -0.309 e. The summed E-state index contributed by atoms with van der Waals surface area (Å²) in [4.78, 5) is 0. The Kier molecular flexibility index (Phi) is 7.18. The summed E-state index contributed by atoms with van der Waals surface area (Å²) >= 11 is 0. The fourth-order valence-electron chi connectivity index (χ4n) is 6.39. The number of aromatic nitrogens is 1. The predicted molar refractivity (Wildman–Crippen MR) is 188 cm³/mol. The van der Waals surface area contributed by atoms with Gasteiger partial charge < -0.3 is 4.57 Å². The first kappa shape index (κ1) is 29.9. The van der Waals surface area contributed by atoms with Crippen molar-refractivity contribution >= 4 is 21.8 Å². The lowest BCUT2D eigenvalue weighted by Gasteiger charge is -2.19. The van der Waals surface area contributed by atoms with E-state index in [2.05, 4.69) is 145 Å². The molecule has 0 bridgehead atoms. The molecule has 0 N–H and O–H groups in total. The van der Waals surface area contributed by atoms with E-state index in [-0.39, 0.29) is 10.8 Å². The SMILES string of the molecule is Cc1cc(-c2cc(C#N)cc(C#N)c2)ccc1-c1ccc(-n2c3ccc(C(C)(C)C)cc3c3cc(C(C)(C)C)ccc32)cc1C. The second kappa shape index (κ2) is 10.8. The summed E-state index contributed by atoms with van der Waals surface area (Å²) in [6.45, 7) is 18.0. The lowest BCUT2D eigenvalue weighted by Crippen LogP contribution is -2.10. The van der Waals surface area contributed by atoms with Crippen molar-refractivity contribution in [2.45, 2.75) is 66.2 Å². The van der Waals surface area contributed by atoms with Crippen molar-refractivity contribution in [3.05, 3.63) is 124 Å². The molecular formula is C42H39N3. The highest BCUT2D eigenvalue weighted by molar-refractivity contribution is 6.10. The molecule has 222 valence electrons. The molecule has 0 spiro atoms. The van der Waals surface area contributed by atoms with Gasteiger partial charge in [0.1, 0.15) is 0 Å². The van der Waals surface area contributed by atoms with Crippen LogP contribution in [0.3, 0.4) is 0 Å². The zero-order valence-electron chi connectivity index (χ0n) is 27.5. The predicted octanol–water partition coefficient (Wildman–Crippen LogP) is 11.1. The molecule has 0 aliphatic carbocycles. The van der Waals surface area contributed by atoms with E-state index in [0.29, 0.717) is 11.1 Å². The molecule has 3 nitrogen and oxygen atoms in total. The van der Waals surface area contributed by atoms with Crippen LogP contribution in [0.4, 0.5) is 0 Å². The lowest BCUT2D eigenvalue weighted by atomic mass is 9.85. The second-order valence-electron chi connectivity index (χ2n) is 14.4. The summed E-state index contributed by atoms with van der Waals surface area (Å²) in [6, 6.07) is 36.7. The van der Waals surface area contributed by atoms with Crippen molar-refractivity contribution < 1.29 is 0 Å². The highest BCUT2D eigenvalue weighted by Crippen LogP contribution is 2.39.